The summed E-state index contributed by atoms with van der Waals surface area (Å²) in [4.78, 5) is 2.31. The van der Waals surface area contributed by atoms with E-state index in [0.29, 0.717) is 17.4 Å². The summed E-state index contributed by atoms with van der Waals surface area (Å²) in [7, 11) is -3.35. The fraction of sp³-hybridized carbons (Fsp3) is 0.692. The van der Waals surface area contributed by atoms with Crippen molar-refractivity contribution in [2.75, 3.05) is 19.8 Å². The van der Waals surface area contributed by atoms with Crippen LogP contribution in [0.2, 0.25) is 0 Å². The van der Waals surface area contributed by atoms with Crippen LogP contribution in [0.5, 0.6) is 0 Å². The number of sulfonamides is 1. The molecule has 0 bridgehead atoms. The van der Waals surface area contributed by atoms with Crippen molar-refractivity contribution in [2.24, 2.45) is 5.92 Å². The molecule has 0 aliphatic carbocycles. The Morgan fingerprint density at radius 2 is 2.26 bits per heavy atom. The summed E-state index contributed by atoms with van der Waals surface area (Å²) in [6.45, 7) is 5.87. The molecule has 4 nitrogen and oxygen atoms in total. The predicted octanol–water partition coefficient (Wildman–Crippen LogP) is 2.46. The van der Waals surface area contributed by atoms with Gasteiger partial charge in [-0.05, 0) is 45.1 Å². The van der Waals surface area contributed by atoms with Gasteiger partial charge in [0.2, 0.25) is 10.0 Å². The second-order valence-electron chi connectivity index (χ2n) is 5.05. The lowest BCUT2D eigenvalue weighted by Gasteiger charge is -2.21. The molecule has 1 saturated heterocycles. The van der Waals surface area contributed by atoms with Crippen LogP contribution in [0.15, 0.2) is 11.0 Å². The van der Waals surface area contributed by atoms with Gasteiger partial charge >= 0.3 is 0 Å². The molecule has 0 aromatic carbocycles. The molecule has 1 aliphatic rings. The van der Waals surface area contributed by atoms with Gasteiger partial charge in [0.25, 0.3) is 0 Å². The van der Waals surface area contributed by atoms with Crippen LogP contribution < -0.4 is 4.72 Å². The maximum Gasteiger partial charge on any atom is 0.241 e. The molecule has 1 atom stereocenters. The molecule has 1 aromatic rings. The lowest BCUT2D eigenvalue weighted by Crippen LogP contribution is -2.28. The zero-order valence-electron chi connectivity index (χ0n) is 11.4. The van der Waals surface area contributed by atoms with Crippen molar-refractivity contribution in [3.8, 4) is 0 Å². The van der Waals surface area contributed by atoms with Crippen LogP contribution in [0.1, 0.15) is 29.0 Å². The van der Waals surface area contributed by atoms with Crippen molar-refractivity contribution in [1.29, 1.82) is 0 Å². The Morgan fingerprint density at radius 3 is 2.84 bits per heavy atom. The van der Waals surface area contributed by atoms with Gasteiger partial charge in [-0.2, -0.15) is 0 Å². The molecule has 1 aromatic heterocycles. The van der Waals surface area contributed by atoms with Crippen LogP contribution in [-0.2, 0) is 14.8 Å². The third kappa shape index (κ3) is 4.02. The number of aryl methyl sites for hydroxylation is 2. The summed E-state index contributed by atoms with van der Waals surface area (Å²) in [6, 6.07) is 1.74. The first-order chi connectivity index (χ1) is 8.99. The summed E-state index contributed by atoms with van der Waals surface area (Å²) >= 11 is 1.52. The molecule has 6 heteroatoms. The summed E-state index contributed by atoms with van der Waals surface area (Å²) in [6.07, 6.45) is 3.07. The van der Waals surface area contributed by atoms with Crippen LogP contribution in [-0.4, -0.2) is 28.2 Å². The highest BCUT2D eigenvalue weighted by atomic mass is 32.2. The molecule has 108 valence electrons. The quantitative estimate of drug-likeness (QED) is 0.909. The third-order valence-electron chi connectivity index (χ3n) is 3.38. The number of ether oxygens (including phenoxy) is 1. The standard InChI is InChI=1S/C13H21NO3S2/c1-10-8-13(11(2)18-10)19(15,16)14-6-5-12-4-3-7-17-9-12/h8,12,14H,3-7,9H2,1-2H3/t12-/m1/s1. The first-order valence-electron chi connectivity index (χ1n) is 6.63. The average Bonchev–Trinajstić information content (AvgIpc) is 2.70. The van der Waals surface area contributed by atoms with Gasteiger partial charge in [0.1, 0.15) is 0 Å². The van der Waals surface area contributed by atoms with Gasteiger partial charge in [-0.25, -0.2) is 13.1 Å². The molecule has 0 unspecified atom stereocenters. The summed E-state index contributed by atoms with van der Waals surface area (Å²) in [5.74, 6) is 0.488. The van der Waals surface area contributed by atoms with E-state index in [1.54, 1.807) is 6.07 Å². The maximum atomic E-state index is 12.2. The van der Waals surface area contributed by atoms with Crippen molar-refractivity contribution in [3.05, 3.63) is 15.8 Å². The number of rotatable bonds is 5. The van der Waals surface area contributed by atoms with Gasteiger partial charge in [0, 0.05) is 29.5 Å². The minimum atomic E-state index is -3.35. The molecular formula is C13H21NO3S2. The molecule has 0 spiro atoms. The van der Waals surface area contributed by atoms with E-state index >= 15 is 0 Å². The van der Waals surface area contributed by atoms with E-state index in [1.807, 2.05) is 13.8 Å². The minimum Gasteiger partial charge on any atom is -0.381 e. The average molecular weight is 303 g/mol. The first kappa shape index (κ1) is 15.0. The van der Waals surface area contributed by atoms with E-state index in [9.17, 15) is 8.42 Å². The normalized spacial score (nSPS) is 20.6. The first-order valence-corrected chi connectivity index (χ1v) is 8.93. The summed E-state index contributed by atoms with van der Waals surface area (Å²) < 4.78 is 32.4. The van der Waals surface area contributed by atoms with Crippen molar-refractivity contribution in [1.82, 2.24) is 4.72 Å². The number of hydrogen-bond acceptors (Lipinski definition) is 4. The highest BCUT2D eigenvalue weighted by Crippen LogP contribution is 2.25. The molecular weight excluding hydrogens is 282 g/mol. The van der Waals surface area contributed by atoms with E-state index in [2.05, 4.69) is 4.72 Å². The van der Waals surface area contributed by atoms with E-state index in [1.165, 1.54) is 11.3 Å². The van der Waals surface area contributed by atoms with Gasteiger partial charge in [0.05, 0.1) is 4.90 Å². The van der Waals surface area contributed by atoms with E-state index in [-0.39, 0.29) is 0 Å². The summed E-state index contributed by atoms with van der Waals surface area (Å²) in [5, 5.41) is 0. The minimum absolute atomic E-state index is 0.426. The largest absolute Gasteiger partial charge is 0.381 e. The molecule has 0 radical (unpaired) electrons. The highest BCUT2D eigenvalue weighted by molar-refractivity contribution is 7.89. The molecule has 19 heavy (non-hydrogen) atoms. The molecule has 1 aliphatic heterocycles. The fourth-order valence-electron chi connectivity index (χ4n) is 2.38. The topological polar surface area (TPSA) is 55.4 Å². The zero-order valence-corrected chi connectivity index (χ0v) is 13.1. The Labute approximate surface area is 119 Å². The lowest BCUT2D eigenvalue weighted by atomic mass is 9.99. The van der Waals surface area contributed by atoms with Crippen LogP contribution in [0.4, 0.5) is 0 Å². The molecule has 2 rings (SSSR count). The smallest absolute Gasteiger partial charge is 0.241 e. The van der Waals surface area contributed by atoms with Crippen LogP contribution in [0.25, 0.3) is 0 Å². The fourth-order valence-corrected chi connectivity index (χ4v) is 4.98. The van der Waals surface area contributed by atoms with Gasteiger partial charge in [-0.1, -0.05) is 0 Å². The highest BCUT2D eigenvalue weighted by Gasteiger charge is 2.20. The van der Waals surface area contributed by atoms with Crippen LogP contribution >= 0.6 is 11.3 Å². The van der Waals surface area contributed by atoms with E-state index in [4.69, 9.17) is 4.74 Å². The Kier molecular flexibility index (Phi) is 5.00. The van der Waals surface area contributed by atoms with E-state index < -0.39 is 10.0 Å². The molecule has 1 fully saturated rings. The second-order valence-corrected chi connectivity index (χ2v) is 8.24. The Bertz CT molecular complexity index is 516. The van der Waals surface area contributed by atoms with Gasteiger partial charge in [-0.15, -0.1) is 11.3 Å². The van der Waals surface area contributed by atoms with Crippen molar-refractivity contribution >= 4 is 21.4 Å². The molecule has 0 amide bonds. The van der Waals surface area contributed by atoms with Crippen LogP contribution in [0.3, 0.4) is 0 Å². The Morgan fingerprint density at radius 1 is 1.47 bits per heavy atom. The van der Waals surface area contributed by atoms with Crippen LogP contribution in [0, 0.1) is 19.8 Å². The Hall–Kier alpha value is -0.430. The van der Waals surface area contributed by atoms with Crippen molar-refractivity contribution in [2.45, 2.75) is 38.0 Å². The number of hydrogen-bond donors (Lipinski definition) is 1. The molecule has 2 heterocycles. The molecule has 0 saturated carbocycles. The summed E-state index contributed by atoms with van der Waals surface area (Å²) in [5.41, 5.74) is 0. The number of nitrogens with one attached hydrogen (secondary N) is 1. The SMILES string of the molecule is Cc1cc(S(=O)(=O)NCC[C@H]2CCCOC2)c(C)s1. The van der Waals surface area contributed by atoms with Crippen molar-refractivity contribution < 1.29 is 13.2 Å². The maximum absolute atomic E-state index is 12.2. The second kappa shape index (κ2) is 6.35. The predicted molar refractivity (Wildman–Crippen MR) is 77.1 cm³/mol. The van der Waals surface area contributed by atoms with Gasteiger partial charge in [-0.3, -0.25) is 0 Å². The molecule has 1 N–H and O–H groups in total. The van der Waals surface area contributed by atoms with Gasteiger partial charge in [0.15, 0.2) is 0 Å². The number of thiophene rings is 1. The van der Waals surface area contributed by atoms with E-state index in [0.717, 1.165) is 42.2 Å². The Balaban J connectivity index is 1.89. The third-order valence-corrected chi connectivity index (χ3v) is 6.07. The zero-order chi connectivity index (χ0) is 13.9. The lowest BCUT2D eigenvalue weighted by molar-refractivity contribution is 0.0523. The van der Waals surface area contributed by atoms with Gasteiger partial charge < -0.3 is 4.74 Å². The van der Waals surface area contributed by atoms with Crippen molar-refractivity contribution in [3.63, 3.8) is 0 Å². The monoisotopic (exact) mass is 303 g/mol.